The zero-order valence-corrected chi connectivity index (χ0v) is 12.7. The lowest BCUT2D eigenvalue weighted by Crippen LogP contribution is -2.27. The van der Waals surface area contributed by atoms with E-state index in [2.05, 4.69) is 0 Å². The predicted molar refractivity (Wildman–Crippen MR) is 84.9 cm³/mol. The molecular formula is C17H18N2O4. The molecule has 1 aromatic carbocycles. The molecule has 1 amide bonds. The molecule has 0 spiro atoms. The Morgan fingerprint density at radius 3 is 2.74 bits per heavy atom. The van der Waals surface area contributed by atoms with Crippen LogP contribution in [0.5, 0.6) is 0 Å². The number of nitro groups is 1. The molecule has 120 valence electrons. The summed E-state index contributed by atoms with van der Waals surface area (Å²) in [4.78, 5) is 24.3. The molecule has 0 N–H and O–H groups in total. The molecule has 1 saturated heterocycles. The van der Waals surface area contributed by atoms with Gasteiger partial charge in [-0.15, -0.1) is 0 Å². The number of carbonyl (C=O) groups is 1. The number of benzene rings is 1. The summed E-state index contributed by atoms with van der Waals surface area (Å²) < 4.78 is 5.72. The maximum atomic E-state index is 12.0. The summed E-state index contributed by atoms with van der Waals surface area (Å²) in [6.45, 7) is 1.71. The van der Waals surface area contributed by atoms with Gasteiger partial charge >= 0.3 is 0 Å². The van der Waals surface area contributed by atoms with Crippen molar-refractivity contribution in [1.29, 1.82) is 0 Å². The number of aryl methyl sites for hydroxylation is 1. The van der Waals surface area contributed by atoms with Gasteiger partial charge in [0.2, 0.25) is 5.91 Å². The average molecular weight is 314 g/mol. The lowest BCUT2D eigenvalue weighted by atomic mass is 10.1. The molecule has 0 atom stereocenters. The third kappa shape index (κ3) is 3.59. The van der Waals surface area contributed by atoms with E-state index in [0.717, 1.165) is 31.7 Å². The van der Waals surface area contributed by atoms with E-state index >= 15 is 0 Å². The van der Waals surface area contributed by atoms with Crippen LogP contribution < -0.4 is 0 Å². The summed E-state index contributed by atoms with van der Waals surface area (Å²) in [6, 6.07) is 9.94. The van der Waals surface area contributed by atoms with Crippen molar-refractivity contribution in [2.75, 3.05) is 13.1 Å². The minimum atomic E-state index is -0.429. The monoisotopic (exact) mass is 314 g/mol. The van der Waals surface area contributed by atoms with E-state index in [0.29, 0.717) is 24.2 Å². The fraction of sp³-hybridized carbons (Fsp3) is 0.353. The first-order valence-electron chi connectivity index (χ1n) is 7.75. The van der Waals surface area contributed by atoms with Crippen LogP contribution in [0.3, 0.4) is 0 Å². The SMILES string of the molecule is O=C(CCc1ccc(-c2cccc([N+](=O)[O-])c2)o1)N1CCCC1. The van der Waals surface area contributed by atoms with Gasteiger partial charge in [-0.05, 0) is 25.0 Å². The van der Waals surface area contributed by atoms with Gasteiger partial charge in [0.1, 0.15) is 11.5 Å². The topological polar surface area (TPSA) is 76.6 Å². The molecule has 0 aliphatic carbocycles. The Kier molecular flexibility index (Phi) is 4.41. The van der Waals surface area contributed by atoms with Crippen molar-refractivity contribution in [2.45, 2.75) is 25.7 Å². The lowest BCUT2D eigenvalue weighted by Gasteiger charge is -2.14. The number of hydrogen-bond donors (Lipinski definition) is 0. The van der Waals surface area contributed by atoms with E-state index in [9.17, 15) is 14.9 Å². The number of furan rings is 1. The summed E-state index contributed by atoms with van der Waals surface area (Å²) in [6.07, 6.45) is 3.15. The first kappa shape index (κ1) is 15.3. The van der Waals surface area contributed by atoms with Gasteiger partial charge in [0, 0.05) is 43.6 Å². The second-order valence-electron chi connectivity index (χ2n) is 5.66. The Hall–Kier alpha value is -2.63. The zero-order chi connectivity index (χ0) is 16.2. The van der Waals surface area contributed by atoms with Crippen LogP contribution in [0.2, 0.25) is 0 Å². The second-order valence-corrected chi connectivity index (χ2v) is 5.66. The Balaban J connectivity index is 1.64. The number of carbonyl (C=O) groups excluding carboxylic acids is 1. The zero-order valence-electron chi connectivity index (χ0n) is 12.7. The van der Waals surface area contributed by atoms with E-state index in [1.807, 2.05) is 11.0 Å². The first-order chi connectivity index (χ1) is 11.1. The summed E-state index contributed by atoms with van der Waals surface area (Å²) in [5.41, 5.74) is 0.695. The molecule has 1 aliphatic heterocycles. The Morgan fingerprint density at radius 2 is 2.00 bits per heavy atom. The minimum Gasteiger partial charge on any atom is -0.461 e. The number of likely N-dealkylation sites (tertiary alicyclic amines) is 1. The molecule has 1 fully saturated rings. The third-order valence-corrected chi connectivity index (χ3v) is 4.05. The number of nitrogens with zero attached hydrogens (tertiary/aromatic N) is 2. The van der Waals surface area contributed by atoms with Crippen LogP contribution in [0.1, 0.15) is 25.0 Å². The highest BCUT2D eigenvalue weighted by molar-refractivity contribution is 5.76. The normalized spacial score (nSPS) is 14.2. The van der Waals surface area contributed by atoms with Crippen molar-refractivity contribution in [2.24, 2.45) is 0 Å². The molecule has 1 aromatic heterocycles. The van der Waals surface area contributed by atoms with E-state index in [4.69, 9.17) is 4.42 Å². The molecule has 0 bridgehead atoms. The van der Waals surface area contributed by atoms with Crippen molar-refractivity contribution in [3.05, 3.63) is 52.3 Å². The van der Waals surface area contributed by atoms with E-state index in [-0.39, 0.29) is 11.6 Å². The number of hydrogen-bond acceptors (Lipinski definition) is 4. The van der Waals surface area contributed by atoms with Crippen LogP contribution in [-0.4, -0.2) is 28.8 Å². The molecule has 0 radical (unpaired) electrons. The van der Waals surface area contributed by atoms with E-state index in [1.165, 1.54) is 12.1 Å². The van der Waals surface area contributed by atoms with Gasteiger partial charge in [-0.25, -0.2) is 0 Å². The van der Waals surface area contributed by atoms with Gasteiger partial charge in [-0.2, -0.15) is 0 Å². The van der Waals surface area contributed by atoms with Crippen molar-refractivity contribution in [3.63, 3.8) is 0 Å². The number of amides is 1. The fourth-order valence-electron chi connectivity index (χ4n) is 2.79. The standard InChI is InChI=1S/C17H18N2O4/c20-17(18-10-1-2-11-18)9-7-15-6-8-16(23-15)13-4-3-5-14(12-13)19(21)22/h3-6,8,12H,1-2,7,9-11H2. The van der Waals surface area contributed by atoms with Crippen LogP contribution in [0, 0.1) is 10.1 Å². The van der Waals surface area contributed by atoms with Crippen LogP contribution in [-0.2, 0) is 11.2 Å². The molecule has 0 unspecified atom stereocenters. The summed E-state index contributed by atoms with van der Waals surface area (Å²) in [5, 5.41) is 10.8. The van der Waals surface area contributed by atoms with Crippen LogP contribution in [0.4, 0.5) is 5.69 Å². The molecule has 3 rings (SSSR count). The Bertz CT molecular complexity index is 717. The van der Waals surface area contributed by atoms with Crippen molar-refractivity contribution < 1.29 is 14.1 Å². The molecule has 2 aromatic rings. The van der Waals surface area contributed by atoms with Crippen LogP contribution in [0.25, 0.3) is 11.3 Å². The first-order valence-corrected chi connectivity index (χ1v) is 7.75. The maximum Gasteiger partial charge on any atom is 0.270 e. The third-order valence-electron chi connectivity index (χ3n) is 4.05. The average Bonchev–Trinajstić information content (AvgIpc) is 3.24. The highest BCUT2D eigenvalue weighted by atomic mass is 16.6. The van der Waals surface area contributed by atoms with Gasteiger partial charge < -0.3 is 9.32 Å². The summed E-state index contributed by atoms with van der Waals surface area (Å²) in [5.74, 6) is 1.46. The predicted octanol–water partition coefficient (Wildman–Crippen LogP) is 3.41. The number of rotatable bonds is 5. The minimum absolute atomic E-state index is 0.0321. The largest absolute Gasteiger partial charge is 0.461 e. The Morgan fingerprint density at radius 1 is 1.22 bits per heavy atom. The second kappa shape index (κ2) is 6.64. The lowest BCUT2D eigenvalue weighted by molar-refractivity contribution is -0.384. The van der Waals surface area contributed by atoms with Crippen molar-refractivity contribution >= 4 is 11.6 Å². The van der Waals surface area contributed by atoms with Gasteiger partial charge in [-0.1, -0.05) is 12.1 Å². The van der Waals surface area contributed by atoms with Gasteiger partial charge in [0.15, 0.2) is 0 Å². The summed E-state index contributed by atoms with van der Waals surface area (Å²) >= 11 is 0. The molecule has 2 heterocycles. The van der Waals surface area contributed by atoms with E-state index in [1.54, 1.807) is 18.2 Å². The molecular weight excluding hydrogens is 296 g/mol. The molecule has 6 nitrogen and oxygen atoms in total. The molecule has 1 aliphatic rings. The summed E-state index contributed by atoms with van der Waals surface area (Å²) in [7, 11) is 0. The van der Waals surface area contributed by atoms with Gasteiger partial charge in [-0.3, -0.25) is 14.9 Å². The fourth-order valence-corrected chi connectivity index (χ4v) is 2.79. The smallest absolute Gasteiger partial charge is 0.270 e. The van der Waals surface area contributed by atoms with Gasteiger partial charge in [0.05, 0.1) is 4.92 Å². The maximum absolute atomic E-state index is 12.0. The Labute approximate surface area is 133 Å². The van der Waals surface area contributed by atoms with Crippen LogP contribution >= 0.6 is 0 Å². The van der Waals surface area contributed by atoms with Gasteiger partial charge in [0.25, 0.3) is 5.69 Å². The molecule has 23 heavy (non-hydrogen) atoms. The number of non-ortho nitro benzene ring substituents is 1. The van der Waals surface area contributed by atoms with Crippen molar-refractivity contribution in [1.82, 2.24) is 4.90 Å². The highest BCUT2D eigenvalue weighted by Crippen LogP contribution is 2.26. The van der Waals surface area contributed by atoms with Crippen molar-refractivity contribution in [3.8, 4) is 11.3 Å². The highest BCUT2D eigenvalue weighted by Gasteiger charge is 2.18. The molecule has 6 heteroatoms. The van der Waals surface area contributed by atoms with E-state index < -0.39 is 4.92 Å². The number of nitro benzene ring substituents is 1. The molecule has 0 saturated carbocycles. The quantitative estimate of drug-likeness (QED) is 0.626. The van der Waals surface area contributed by atoms with Crippen LogP contribution in [0.15, 0.2) is 40.8 Å².